The Labute approximate surface area is 112 Å². The first-order valence-electron chi connectivity index (χ1n) is 6.64. The highest BCUT2D eigenvalue weighted by molar-refractivity contribution is 6.08. The lowest BCUT2D eigenvalue weighted by molar-refractivity contribution is 0.103. The molecule has 2 aromatic carbocycles. The van der Waals surface area contributed by atoms with E-state index in [0.29, 0.717) is 17.0 Å². The molecule has 3 rings (SSSR count). The first-order valence-corrected chi connectivity index (χ1v) is 6.64. The van der Waals surface area contributed by atoms with Gasteiger partial charge in [-0.1, -0.05) is 42.8 Å². The molecule has 19 heavy (non-hydrogen) atoms. The highest BCUT2D eigenvalue weighted by atomic mass is 19.1. The second kappa shape index (κ2) is 4.96. The summed E-state index contributed by atoms with van der Waals surface area (Å²) in [6, 6.07) is 13.6. The van der Waals surface area contributed by atoms with Crippen molar-refractivity contribution in [2.24, 2.45) is 0 Å². The Hall–Kier alpha value is -1.96. The van der Waals surface area contributed by atoms with E-state index in [9.17, 15) is 9.18 Å². The van der Waals surface area contributed by atoms with Crippen molar-refractivity contribution >= 4 is 5.78 Å². The lowest BCUT2D eigenvalue weighted by atomic mass is 9.80. The van der Waals surface area contributed by atoms with Crippen LogP contribution < -0.4 is 0 Å². The lowest BCUT2D eigenvalue weighted by Crippen LogP contribution is -2.09. The van der Waals surface area contributed by atoms with E-state index in [-0.39, 0.29) is 11.6 Å². The van der Waals surface area contributed by atoms with Crippen LogP contribution in [0, 0.1) is 5.82 Å². The summed E-state index contributed by atoms with van der Waals surface area (Å²) >= 11 is 0. The summed E-state index contributed by atoms with van der Waals surface area (Å²) < 4.78 is 13.1. The number of hydrogen-bond acceptors (Lipinski definition) is 1. The average Bonchev–Trinajstić information content (AvgIpc) is 2.37. The third-order valence-electron chi connectivity index (χ3n) is 3.84. The van der Waals surface area contributed by atoms with Crippen LogP contribution in [0.1, 0.15) is 46.7 Å². The van der Waals surface area contributed by atoms with Crippen molar-refractivity contribution in [3.63, 3.8) is 0 Å². The molecule has 0 spiro atoms. The van der Waals surface area contributed by atoms with Crippen LogP contribution in [0.15, 0.2) is 48.5 Å². The van der Waals surface area contributed by atoms with E-state index >= 15 is 0 Å². The van der Waals surface area contributed by atoms with Crippen LogP contribution in [0.3, 0.4) is 0 Å². The Kier molecular flexibility index (Phi) is 3.16. The highest BCUT2D eigenvalue weighted by Gasteiger charge is 2.19. The molecule has 0 saturated heterocycles. The number of benzene rings is 2. The molecule has 1 aliphatic carbocycles. The standard InChI is InChI=1S/C17H15FO/c18-16-6-2-5-15(11-16)17(19)14-9-7-13(8-10-14)12-3-1-4-12/h2,5-12H,1,3-4H2. The first kappa shape index (κ1) is 12.1. The van der Waals surface area contributed by atoms with Crippen LogP contribution in [0.5, 0.6) is 0 Å². The Morgan fingerprint density at radius 1 is 1.00 bits per heavy atom. The third-order valence-corrected chi connectivity index (χ3v) is 3.84. The molecule has 2 heteroatoms. The quantitative estimate of drug-likeness (QED) is 0.745. The van der Waals surface area contributed by atoms with Crippen LogP contribution in [-0.4, -0.2) is 5.78 Å². The van der Waals surface area contributed by atoms with Crippen LogP contribution in [0.25, 0.3) is 0 Å². The number of rotatable bonds is 3. The highest BCUT2D eigenvalue weighted by Crippen LogP contribution is 2.36. The molecule has 0 unspecified atom stereocenters. The number of carbonyl (C=O) groups is 1. The van der Waals surface area contributed by atoms with Crippen molar-refractivity contribution in [2.75, 3.05) is 0 Å². The minimum Gasteiger partial charge on any atom is -0.289 e. The van der Waals surface area contributed by atoms with Crippen molar-refractivity contribution in [3.8, 4) is 0 Å². The SMILES string of the molecule is O=C(c1ccc(C2CCC2)cc1)c1cccc(F)c1. The summed E-state index contributed by atoms with van der Waals surface area (Å²) in [6.45, 7) is 0. The minimum atomic E-state index is -0.378. The summed E-state index contributed by atoms with van der Waals surface area (Å²) in [5, 5.41) is 0. The molecular formula is C17H15FO. The van der Waals surface area contributed by atoms with E-state index in [2.05, 4.69) is 0 Å². The molecule has 0 atom stereocenters. The molecule has 0 bridgehead atoms. The van der Waals surface area contributed by atoms with Gasteiger partial charge in [0.15, 0.2) is 5.78 Å². The number of halogens is 1. The molecule has 0 radical (unpaired) electrons. The molecule has 1 fully saturated rings. The maximum absolute atomic E-state index is 13.1. The zero-order chi connectivity index (χ0) is 13.2. The van der Waals surface area contributed by atoms with Gasteiger partial charge in [-0.2, -0.15) is 0 Å². The van der Waals surface area contributed by atoms with Gasteiger partial charge in [0.05, 0.1) is 0 Å². The minimum absolute atomic E-state index is 0.125. The van der Waals surface area contributed by atoms with Crippen LogP contribution >= 0.6 is 0 Å². The molecular weight excluding hydrogens is 239 g/mol. The van der Waals surface area contributed by atoms with Gasteiger partial charge in [0.2, 0.25) is 0 Å². The molecule has 0 amide bonds. The normalized spacial score (nSPS) is 15.0. The number of ketones is 1. The average molecular weight is 254 g/mol. The van der Waals surface area contributed by atoms with Gasteiger partial charge in [-0.15, -0.1) is 0 Å². The van der Waals surface area contributed by atoms with E-state index < -0.39 is 0 Å². The second-order valence-electron chi connectivity index (χ2n) is 5.09. The van der Waals surface area contributed by atoms with Crippen molar-refractivity contribution in [1.29, 1.82) is 0 Å². The molecule has 96 valence electrons. The molecule has 0 aliphatic heterocycles. The van der Waals surface area contributed by atoms with Crippen molar-refractivity contribution in [3.05, 3.63) is 71.0 Å². The van der Waals surface area contributed by atoms with Gasteiger partial charge in [0.25, 0.3) is 0 Å². The summed E-state index contributed by atoms with van der Waals surface area (Å²) in [6.07, 6.45) is 3.79. The number of carbonyl (C=O) groups excluding carboxylic acids is 1. The van der Waals surface area contributed by atoms with Crippen LogP contribution in [-0.2, 0) is 0 Å². The Balaban J connectivity index is 1.83. The van der Waals surface area contributed by atoms with Crippen LogP contribution in [0.2, 0.25) is 0 Å². The largest absolute Gasteiger partial charge is 0.289 e. The molecule has 1 saturated carbocycles. The Morgan fingerprint density at radius 2 is 1.74 bits per heavy atom. The van der Waals surface area contributed by atoms with Gasteiger partial charge < -0.3 is 0 Å². The molecule has 0 N–H and O–H groups in total. The van der Waals surface area contributed by atoms with E-state index in [1.165, 1.54) is 37.0 Å². The fourth-order valence-corrected chi connectivity index (χ4v) is 2.44. The molecule has 2 aromatic rings. The molecule has 1 nitrogen and oxygen atoms in total. The van der Waals surface area contributed by atoms with E-state index in [1.54, 1.807) is 12.1 Å². The van der Waals surface area contributed by atoms with Gasteiger partial charge in [-0.05, 0) is 36.5 Å². The second-order valence-corrected chi connectivity index (χ2v) is 5.09. The first-order chi connectivity index (χ1) is 9.24. The van der Waals surface area contributed by atoms with Gasteiger partial charge in [0.1, 0.15) is 5.82 Å². The molecule has 0 aromatic heterocycles. The fraction of sp³-hybridized carbons (Fsp3) is 0.235. The van der Waals surface area contributed by atoms with Crippen molar-refractivity contribution in [2.45, 2.75) is 25.2 Å². The predicted octanol–water partition coefficient (Wildman–Crippen LogP) is 4.32. The Morgan fingerprint density at radius 3 is 2.32 bits per heavy atom. The van der Waals surface area contributed by atoms with E-state index in [4.69, 9.17) is 0 Å². The summed E-state index contributed by atoms with van der Waals surface area (Å²) in [7, 11) is 0. The van der Waals surface area contributed by atoms with E-state index in [0.717, 1.165) is 0 Å². The zero-order valence-electron chi connectivity index (χ0n) is 10.6. The van der Waals surface area contributed by atoms with Gasteiger partial charge in [-0.25, -0.2) is 4.39 Å². The monoisotopic (exact) mass is 254 g/mol. The maximum atomic E-state index is 13.1. The summed E-state index contributed by atoms with van der Waals surface area (Å²) in [5.41, 5.74) is 2.33. The van der Waals surface area contributed by atoms with Crippen molar-refractivity contribution in [1.82, 2.24) is 0 Å². The molecule has 0 heterocycles. The topological polar surface area (TPSA) is 17.1 Å². The molecule has 1 aliphatic rings. The third kappa shape index (κ3) is 2.43. The summed E-state index contributed by atoms with van der Waals surface area (Å²) in [5.74, 6) is 0.162. The number of hydrogen-bond donors (Lipinski definition) is 0. The summed E-state index contributed by atoms with van der Waals surface area (Å²) in [4.78, 5) is 12.2. The van der Waals surface area contributed by atoms with E-state index in [1.807, 2.05) is 24.3 Å². The Bertz CT molecular complexity index is 597. The predicted molar refractivity (Wildman–Crippen MR) is 72.9 cm³/mol. The maximum Gasteiger partial charge on any atom is 0.193 e. The lowest BCUT2D eigenvalue weighted by Gasteiger charge is -2.25. The smallest absolute Gasteiger partial charge is 0.193 e. The van der Waals surface area contributed by atoms with Crippen LogP contribution in [0.4, 0.5) is 4.39 Å². The van der Waals surface area contributed by atoms with Crippen molar-refractivity contribution < 1.29 is 9.18 Å². The fourth-order valence-electron chi connectivity index (χ4n) is 2.44. The van der Waals surface area contributed by atoms with Gasteiger partial charge >= 0.3 is 0 Å². The zero-order valence-corrected chi connectivity index (χ0v) is 10.6. The van der Waals surface area contributed by atoms with Gasteiger partial charge in [0, 0.05) is 11.1 Å². The van der Waals surface area contributed by atoms with Gasteiger partial charge in [-0.3, -0.25) is 4.79 Å².